The van der Waals surface area contributed by atoms with Gasteiger partial charge in [0.2, 0.25) is 0 Å². The van der Waals surface area contributed by atoms with Gasteiger partial charge in [-0.15, -0.1) is 0 Å². The maximum absolute atomic E-state index is 5.81. The summed E-state index contributed by atoms with van der Waals surface area (Å²) in [5, 5.41) is 0. The highest BCUT2D eigenvalue weighted by Gasteiger charge is 2.14. The van der Waals surface area contributed by atoms with E-state index in [1.54, 1.807) is 0 Å². The molecule has 1 unspecified atom stereocenters. The highest BCUT2D eigenvalue weighted by Crippen LogP contribution is 2.14. The quantitative estimate of drug-likeness (QED) is 0.839. The van der Waals surface area contributed by atoms with Crippen molar-refractivity contribution in [3.05, 3.63) is 29.8 Å². The van der Waals surface area contributed by atoms with Crippen LogP contribution < -0.4 is 10.5 Å². The molecule has 0 aliphatic carbocycles. The molecular weight excluding hydrogens is 224 g/mol. The Bertz CT molecular complexity index is 344. The van der Waals surface area contributed by atoms with E-state index >= 15 is 0 Å². The summed E-state index contributed by atoms with van der Waals surface area (Å²) >= 11 is 0. The van der Waals surface area contributed by atoms with E-state index in [4.69, 9.17) is 10.5 Å². The van der Waals surface area contributed by atoms with Crippen molar-refractivity contribution in [2.24, 2.45) is 11.7 Å². The normalized spacial score (nSPS) is 17.9. The minimum absolute atomic E-state index is 0.581. The number of nitrogens with zero attached hydrogens (tertiary/aromatic N) is 1. The molecule has 3 nitrogen and oxygen atoms in total. The minimum Gasteiger partial charge on any atom is -0.493 e. The van der Waals surface area contributed by atoms with Crippen molar-refractivity contribution in [3.63, 3.8) is 0 Å². The second-order valence-corrected chi connectivity index (χ2v) is 5.27. The highest BCUT2D eigenvalue weighted by atomic mass is 16.5. The van der Waals surface area contributed by atoms with Gasteiger partial charge in [-0.3, -0.25) is 0 Å². The lowest BCUT2D eigenvalue weighted by atomic mass is 10.2. The molecule has 3 heteroatoms. The van der Waals surface area contributed by atoms with Crippen molar-refractivity contribution in [1.82, 2.24) is 4.90 Å². The van der Waals surface area contributed by atoms with Crippen molar-refractivity contribution >= 4 is 0 Å². The van der Waals surface area contributed by atoms with Crippen LogP contribution in [0.25, 0.3) is 0 Å². The van der Waals surface area contributed by atoms with Gasteiger partial charge in [-0.25, -0.2) is 0 Å². The third-order valence-corrected chi connectivity index (χ3v) is 3.46. The average molecular weight is 248 g/mol. The number of ether oxygens (including phenoxy) is 1. The fourth-order valence-electron chi connectivity index (χ4n) is 2.42. The Morgan fingerprint density at radius 1 is 1.22 bits per heavy atom. The number of likely N-dealkylation sites (tertiary alicyclic amines) is 1. The zero-order chi connectivity index (χ0) is 12.8. The smallest absolute Gasteiger partial charge is 0.119 e. The lowest BCUT2D eigenvalue weighted by molar-refractivity contribution is 0.206. The molecule has 0 amide bonds. The van der Waals surface area contributed by atoms with Crippen molar-refractivity contribution in [1.29, 1.82) is 0 Å². The van der Waals surface area contributed by atoms with Gasteiger partial charge in [-0.1, -0.05) is 19.1 Å². The molecule has 0 aromatic heterocycles. The van der Waals surface area contributed by atoms with Crippen LogP contribution in [0.4, 0.5) is 0 Å². The van der Waals surface area contributed by atoms with Crippen LogP contribution in [-0.4, -0.2) is 31.1 Å². The first-order valence-electron chi connectivity index (χ1n) is 6.92. The molecule has 0 spiro atoms. The van der Waals surface area contributed by atoms with Crippen molar-refractivity contribution < 1.29 is 4.74 Å². The summed E-state index contributed by atoms with van der Waals surface area (Å²) in [6, 6.07) is 8.07. The van der Waals surface area contributed by atoms with Gasteiger partial charge in [0.25, 0.3) is 0 Å². The minimum atomic E-state index is 0.581. The summed E-state index contributed by atoms with van der Waals surface area (Å²) in [6.45, 7) is 7.31. The molecule has 2 N–H and O–H groups in total. The number of rotatable bonds is 6. The summed E-state index contributed by atoms with van der Waals surface area (Å²) in [6.07, 6.45) is 2.71. The zero-order valence-corrected chi connectivity index (χ0v) is 11.3. The van der Waals surface area contributed by atoms with E-state index in [0.717, 1.165) is 24.5 Å². The predicted octanol–water partition coefficient (Wildman–Crippen LogP) is 2.26. The largest absolute Gasteiger partial charge is 0.493 e. The Labute approximate surface area is 110 Å². The van der Waals surface area contributed by atoms with Gasteiger partial charge < -0.3 is 15.4 Å². The van der Waals surface area contributed by atoms with E-state index in [2.05, 4.69) is 11.8 Å². The number of hydrogen-bond acceptors (Lipinski definition) is 3. The first-order chi connectivity index (χ1) is 8.78. The van der Waals surface area contributed by atoms with E-state index in [9.17, 15) is 0 Å². The third kappa shape index (κ3) is 4.00. The van der Waals surface area contributed by atoms with Crippen LogP contribution >= 0.6 is 0 Å². The third-order valence-electron chi connectivity index (χ3n) is 3.46. The van der Waals surface area contributed by atoms with Gasteiger partial charge in [0, 0.05) is 19.0 Å². The van der Waals surface area contributed by atoms with Gasteiger partial charge in [0.1, 0.15) is 5.75 Å². The lowest BCUT2D eigenvalue weighted by Gasteiger charge is -2.20. The van der Waals surface area contributed by atoms with Gasteiger partial charge in [0.05, 0.1) is 6.61 Å². The Morgan fingerprint density at radius 2 is 1.89 bits per heavy atom. The van der Waals surface area contributed by atoms with E-state index in [1.165, 1.54) is 25.9 Å². The fraction of sp³-hybridized carbons (Fsp3) is 0.600. The SMILES string of the molecule is CC(COc1ccc(CN)cc1)CN1CCCC1. The van der Waals surface area contributed by atoms with E-state index in [-0.39, 0.29) is 0 Å². The summed E-state index contributed by atoms with van der Waals surface area (Å²) in [5.74, 6) is 1.53. The van der Waals surface area contributed by atoms with Crippen LogP contribution in [0.5, 0.6) is 5.75 Å². The summed E-state index contributed by atoms with van der Waals surface area (Å²) in [5.41, 5.74) is 6.71. The summed E-state index contributed by atoms with van der Waals surface area (Å²) in [4.78, 5) is 2.53. The predicted molar refractivity (Wildman–Crippen MR) is 74.7 cm³/mol. The van der Waals surface area contributed by atoms with E-state index in [0.29, 0.717) is 12.5 Å². The molecule has 1 heterocycles. The number of benzene rings is 1. The highest BCUT2D eigenvalue weighted by molar-refractivity contribution is 5.27. The van der Waals surface area contributed by atoms with Crippen LogP contribution in [0.15, 0.2) is 24.3 Å². The molecule has 0 radical (unpaired) electrons. The average Bonchev–Trinajstić information content (AvgIpc) is 2.90. The maximum atomic E-state index is 5.81. The van der Waals surface area contributed by atoms with Crippen LogP contribution in [0.1, 0.15) is 25.3 Å². The monoisotopic (exact) mass is 248 g/mol. The summed E-state index contributed by atoms with van der Waals surface area (Å²) in [7, 11) is 0. The molecule has 1 saturated heterocycles. The zero-order valence-electron chi connectivity index (χ0n) is 11.3. The standard InChI is InChI=1S/C15H24N2O/c1-13(11-17-8-2-3-9-17)12-18-15-6-4-14(10-16)5-7-15/h4-7,13H,2-3,8-12,16H2,1H3. The second-order valence-electron chi connectivity index (χ2n) is 5.27. The van der Waals surface area contributed by atoms with Gasteiger partial charge >= 0.3 is 0 Å². The first-order valence-corrected chi connectivity index (χ1v) is 6.92. The van der Waals surface area contributed by atoms with E-state index < -0.39 is 0 Å². The molecule has 1 aliphatic rings. The molecule has 1 atom stereocenters. The molecule has 0 bridgehead atoms. The molecule has 1 aromatic carbocycles. The summed E-state index contributed by atoms with van der Waals surface area (Å²) < 4.78 is 5.81. The first kappa shape index (κ1) is 13.4. The van der Waals surface area contributed by atoms with E-state index in [1.807, 2.05) is 24.3 Å². The Balaban J connectivity index is 1.72. The second kappa shape index (κ2) is 6.76. The molecule has 18 heavy (non-hydrogen) atoms. The lowest BCUT2D eigenvalue weighted by Crippen LogP contribution is -2.28. The topological polar surface area (TPSA) is 38.5 Å². The van der Waals surface area contributed by atoms with Crippen LogP contribution in [0.3, 0.4) is 0 Å². The van der Waals surface area contributed by atoms with Gasteiger partial charge in [-0.2, -0.15) is 0 Å². The molecule has 2 rings (SSSR count). The van der Waals surface area contributed by atoms with Crippen molar-refractivity contribution in [2.45, 2.75) is 26.3 Å². The molecule has 1 fully saturated rings. The molecule has 0 saturated carbocycles. The maximum Gasteiger partial charge on any atom is 0.119 e. The van der Waals surface area contributed by atoms with Crippen LogP contribution in [0, 0.1) is 5.92 Å². The molecule has 1 aromatic rings. The molecule has 1 aliphatic heterocycles. The Morgan fingerprint density at radius 3 is 2.50 bits per heavy atom. The van der Waals surface area contributed by atoms with Crippen LogP contribution in [0.2, 0.25) is 0 Å². The Hall–Kier alpha value is -1.06. The van der Waals surface area contributed by atoms with Crippen molar-refractivity contribution in [2.75, 3.05) is 26.2 Å². The number of nitrogens with two attached hydrogens (primary N) is 1. The number of hydrogen-bond donors (Lipinski definition) is 1. The molecule has 100 valence electrons. The van der Waals surface area contributed by atoms with Crippen LogP contribution in [-0.2, 0) is 6.54 Å². The molecular formula is C15H24N2O. The fourth-order valence-corrected chi connectivity index (χ4v) is 2.42. The van der Waals surface area contributed by atoms with Gasteiger partial charge in [-0.05, 0) is 43.6 Å². The van der Waals surface area contributed by atoms with Crippen molar-refractivity contribution in [3.8, 4) is 5.75 Å². The van der Waals surface area contributed by atoms with Gasteiger partial charge in [0.15, 0.2) is 0 Å². The Kier molecular flexibility index (Phi) is 5.02.